The topological polar surface area (TPSA) is 86.7 Å². The summed E-state index contributed by atoms with van der Waals surface area (Å²) in [5, 5.41) is 10.1. The van der Waals surface area contributed by atoms with Crippen LogP contribution in [0, 0.1) is 0 Å². The smallest absolute Gasteiger partial charge is 0.240 e. The quantitative estimate of drug-likeness (QED) is 0.561. The van der Waals surface area contributed by atoms with Gasteiger partial charge in [-0.2, -0.15) is 0 Å². The van der Waals surface area contributed by atoms with Gasteiger partial charge in [-0.15, -0.1) is 0 Å². The number of nitrogen functional groups attached to an aromatic ring is 1. The molecule has 0 saturated carbocycles. The Kier molecular flexibility index (Phi) is 1.61. The Hall–Kier alpha value is -1.46. The van der Waals surface area contributed by atoms with Crippen LogP contribution in [0.25, 0.3) is 0 Å². The SMILES string of the molecule is CC(=O)Cn1nnnc1N. The molecule has 1 aromatic rings. The number of carbonyl (C=O) groups excluding carboxylic acids is 1. The number of anilines is 1. The normalized spacial score (nSPS) is 9.70. The first-order chi connectivity index (χ1) is 4.70. The number of tetrazole rings is 1. The van der Waals surface area contributed by atoms with Crippen molar-refractivity contribution in [1.82, 2.24) is 20.2 Å². The van der Waals surface area contributed by atoms with Gasteiger partial charge in [0.05, 0.1) is 0 Å². The van der Waals surface area contributed by atoms with Crippen molar-refractivity contribution in [3.8, 4) is 0 Å². The monoisotopic (exact) mass is 141 g/mol. The highest BCUT2D eigenvalue weighted by atomic mass is 16.1. The number of aromatic nitrogens is 4. The number of hydrogen-bond acceptors (Lipinski definition) is 5. The van der Waals surface area contributed by atoms with Gasteiger partial charge in [0, 0.05) is 0 Å². The van der Waals surface area contributed by atoms with Gasteiger partial charge in [-0.1, -0.05) is 5.10 Å². The van der Waals surface area contributed by atoms with Crippen molar-refractivity contribution >= 4 is 11.7 Å². The number of Topliss-reactive ketones (excluding diaryl/α,β-unsaturated/α-hetero) is 1. The van der Waals surface area contributed by atoms with Crippen LogP contribution in [0.1, 0.15) is 6.92 Å². The summed E-state index contributed by atoms with van der Waals surface area (Å²) in [6.07, 6.45) is 0. The summed E-state index contributed by atoms with van der Waals surface area (Å²) >= 11 is 0. The van der Waals surface area contributed by atoms with E-state index < -0.39 is 0 Å². The first-order valence-electron chi connectivity index (χ1n) is 2.71. The van der Waals surface area contributed by atoms with Crippen LogP contribution < -0.4 is 5.73 Å². The van der Waals surface area contributed by atoms with Crippen LogP contribution in [0.4, 0.5) is 5.95 Å². The molecule has 0 aliphatic rings. The van der Waals surface area contributed by atoms with E-state index in [0.717, 1.165) is 0 Å². The molecule has 1 aromatic heterocycles. The largest absolute Gasteiger partial charge is 0.367 e. The van der Waals surface area contributed by atoms with Crippen LogP contribution in [0.15, 0.2) is 0 Å². The highest BCUT2D eigenvalue weighted by Gasteiger charge is 2.01. The van der Waals surface area contributed by atoms with E-state index in [-0.39, 0.29) is 18.3 Å². The van der Waals surface area contributed by atoms with E-state index in [2.05, 4.69) is 15.5 Å². The molecule has 1 rings (SSSR count). The van der Waals surface area contributed by atoms with E-state index in [0.29, 0.717) is 0 Å². The molecule has 0 aliphatic heterocycles. The molecule has 6 heteroatoms. The number of ketones is 1. The molecule has 0 amide bonds. The lowest BCUT2D eigenvalue weighted by Crippen LogP contribution is -2.10. The Balaban J connectivity index is 2.74. The molecule has 0 radical (unpaired) electrons. The molecular formula is C4H7N5O. The second-order valence-electron chi connectivity index (χ2n) is 1.90. The van der Waals surface area contributed by atoms with E-state index in [9.17, 15) is 4.79 Å². The Bertz CT molecular complexity index is 242. The first-order valence-corrected chi connectivity index (χ1v) is 2.71. The van der Waals surface area contributed by atoms with E-state index in [1.807, 2.05) is 0 Å². The first kappa shape index (κ1) is 6.66. The predicted octanol–water partition coefficient (Wildman–Crippen LogP) is -1.16. The fourth-order valence-corrected chi connectivity index (χ4v) is 0.535. The molecule has 2 N–H and O–H groups in total. The third-order valence-corrected chi connectivity index (χ3v) is 0.932. The number of nitrogens with two attached hydrogens (primary N) is 1. The molecule has 0 saturated heterocycles. The average molecular weight is 141 g/mol. The summed E-state index contributed by atoms with van der Waals surface area (Å²) < 4.78 is 1.24. The fraction of sp³-hybridized carbons (Fsp3) is 0.500. The zero-order valence-electron chi connectivity index (χ0n) is 5.48. The summed E-state index contributed by atoms with van der Waals surface area (Å²) in [5.74, 6) is 0.134. The van der Waals surface area contributed by atoms with Crippen LogP contribution in [-0.4, -0.2) is 26.0 Å². The van der Waals surface area contributed by atoms with Crippen LogP contribution in [0.2, 0.25) is 0 Å². The standard InChI is InChI=1S/C4H7N5O/c1-3(10)2-9-4(5)6-7-8-9/h2H2,1H3,(H2,5,6,8). The molecule has 0 spiro atoms. The summed E-state index contributed by atoms with van der Waals surface area (Å²) in [6.45, 7) is 1.58. The van der Waals surface area contributed by atoms with Gasteiger partial charge in [-0.3, -0.25) is 4.79 Å². The Morgan fingerprint density at radius 3 is 2.90 bits per heavy atom. The van der Waals surface area contributed by atoms with Crippen LogP contribution in [0.5, 0.6) is 0 Å². The van der Waals surface area contributed by atoms with Crippen molar-refractivity contribution in [3.63, 3.8) is 0 Å². The molecule has 0 aromatic carbocycles. The van der Waals surface area contributed by atoms with Gasteiger partial charge in [-0.25, -0.2) is 4.68 Å². The van der Waals surface area contributed by atoms with Crippen molar-refractivity contribution in [2.24, 2.45) is 0 Å². The summed E-state index contributed by atoms with van der Waals surface area (Å²) in [4.78, 5) is 10.5. The number of hydrogen-bond donors (Lipinski definition) is 1. The van der Waals surface area contributed by atoms with Crippen LogP contribution in [-0.2, 0) is 11.3 Å². The van der Waals surface area contributed by atoms with Gasteiger partial charge in [0.25, 0.3) is 0 Å². The third kappa shape index (κ3) is 1.28. The lowest BCUT2D eigenvalue weighted by Gasteiger charge is -1.93. The Morgan fingerprint density at radius 1 is 1.80 bits per heavy atom. The van der Waals surface area contributed by atoms with Crippen LogP contribution >= 0.6 is 0 Å². The van der Waals surface area contributed by atoms with E-state index in [4.69, 9.17) is 5.73 Å². The summed E-state index contributed by atoms with van der Waals surface area (Å²) in [7, 11) is 0. The molecule has 0 atom stereocenters. The number of carbonyl (C=O) groups is 1. The van der Waals surface area contributed by atoms with Crippen molar-refractivity contribution in [1.29, 1.82) is 0 Å². The molecule has 6 nitrogen and oxygen atoms in total. The molecule has 1 heterocycles. The zero-order chi connectivity index (χ0) is 7.56. The second-order valence-corrected chi connectivity index (χ2v) is 1.90. The zero-order valence-corrected chi connectivity index (χ0v) is 5.48. The lowest BCUT2D eigenvalue weighted by atomic mass is 10.4. The molecular weight excluding hydrogens is 134 g/mol. The van der Waals surface area contributed by atoms with Gasteiger partial charge in [0.2, 0.25) is 5.95 Å². The van der Waals surface area contributed by atoms with Gasteiger partial charge in [0.1, 0.15) is 6.54 Å². The van der Waals surface area contributed by atoms with Crippen molar-refractivity contribution < 1.29 is 4.79 Å². The molecule has 0 unspecified atom stereocenters. The summed E-state index contributed by atoms with van der Waals surface area (Å²) in [6, 6.07) is 0. The molecule has 10 heavy (non-hydrogen) atoms. The minimum Gasteiger partial charge on any atom is -0.367 e. The molecule has 54 valence electrons. The number of nitrogens with zero attached hydrogens (tertiary/aromatic N) is 4. The van der Waals surface area contributed by atoms with Gasteiger partial charge < -0.3 is 5.73 Å². The van der Waals surface area contributed by atoms with Crippen molar-refractivity contribution in [2.75, 3.05) is 5.73 Å². The van der Waals surface area contributed by atoms with Gasteiger partial charge in [-0.05, 0) is 17.4 Å². The van der Waals surface area contributed by atoms with E-state index >= 15 is 0 Å². The maximum Gasteiger partial charge on any atom is 0.240 e. The third-order valence-electron chi connectivity index (χ3n) is 0.932. The van der Waals surface area contributed by atoms with Crippen LogP contribution in [0.3, 0.4) is 0 Å². The lowest BCUT2D eigenvalue weighted by molar-refractivity contribution is -0.117. The Morgan fingerprint density at radius 2 is 2.50 bits per heavy atom. The second kappa shape index (κ2) is 2.42. The predicted molar refractivity (Wildman–Crippen MR) is 32.9 cm³/mol. The maximum absolute atomic E-state index is 10.5. The number of rotatable bonds is 2. The van der Waals surface area contributed by atoms with Crippen molar-refractivity contribution in [2.45, 2.75) is 13.5 Å². The molecule has 0 bridgehead atoms. The fourth-order valence-electron chi connectivity index (χ4n) is 0.535. The maximum atomic E-state index is 10.5. The average Bonchev–Trinajstić information content (AvgIpc) is 2.15. The van der Waals surface area contributed by atoms with Crippen molar-refractivity contribution in [3.05, 3.63) is 0 Å². The van der Waals surface area contributed by atoms with Gasteiger partial charge in [0.15, 0.2) is 5.78 Å². The van der Waals surface area contributed by atoms with E-state index in [1.165, 1.54) is 11.6 Å². The molecule has 0 aliphatic carbocycles. The highest BCUT2D eigenvalue weighted by Crippen LogP contribution is 1.90. The highest BCUT2D eigenvalue weighted by molar-refractivity contribution is 5.75. The van der Waals surface area contributed by atoms with Gasteiger partial charge >= 0.3 is 0 Å². The molecule has 0 fully saturated rings. The minimum atomic E-state index is -0.0287. The Labute approximate surface area is 57.0 Å². The summed E-state index contributed by atoms with van der Waals surface area (Å²) in [5.41, 5.74) is 5.26. The minimum absolute atomic E-state index is 0.0287. The van der Waals surface area contributed by atoms with E-state index in [1.54, 1.807) is 0 Å².